The van der Waals surface area contributed by atoms with E-state index in [0.717, 1.165) is 18.5 Å². The predicted octanol–water partition coefficient (Wildman–Crippen LogP) is 3.07. The number of aryl methyl sites for hydroxylation is 1. The third-order valence-corrected chi connectivity index (χ3v) is 3.35. The van der Waals surface area contributed by atoms with Crippen molar-refractivity contribution in [2.24, 2.45) is 0 Å². The number of nitrogen functional groups attached to an aromatic ring is 1. The molecule has 0 aliphatic heterocycles. The van der Waals surface area contributed by atoms with Gasteiger partial charge in [0.15, 0.2) is 0 Å². The molecule has 3 rings (SSSR count). The maximum atomic E-state index is 5.83. The van der Waals surface area contributed by atoms with Crippen LogP contribution in [0.3, 0.4) is 0 Å². The van der Waals surface area contributed by atoms with Gasteiger partial charge in [0.25, 0.3) is 0 Å². The lowest BCUT2D eigenvalue weighted by molar-refractivity contribution is 0.998. The Morgan fingerprint density at radius 3 is 2.25 bits per heavy atom. The highest BCUT2D eigenvalue weighted by molar-refractivity contribution is 5.52. The average Bonchev–Trinajstić information content (AvgIpc) is 2.26. The summed E-state index contributed by atoms with van der Waals surface area (Å²) in [5.41, 5.74) is 13.8. The Morgan fingerprint density at radius 2 is 1.44 bits per heavy atom. The Morgan fingerprint density at radius 1 is 0.812 bits per heavy atom. The monoisotopic (exact) mass is 209 g/mol. The Kier molecular flexibility index (Phi) is 2.00. The zero-order chi connectivity index (χ0) is 11.1. The van der Waals surface area contributed by atoms with Crippen molar-refractivity contribution < 1.29 is 0 Å². The minimum atomic E-state index is 0.870. The van der Waals surface area contributed by atoms with Gasteiger partial charge in [-0.15, -0.1) is 0 Å². The summed E-state index contributed by atoms with van der Waals surface area (Å²) < 4.78 is 0. The fraction of sp³-hybridized carbons (Fsp3) is 0.200. The van der Waals surface area contributed by atoms with Crippen LogP contribution in [0, 0.1) is 6.92 Å². The first-order valence-corrected chi connectivity index (χ1v) is 5.68. The van der Waals surface area contributed by atoms with Crippen molar-refractivity contribution in [2.75, 3.05) is 5.73 Å². The molecule has 0 fully saturated rings. The molecule has 2 N–H and O–H groups in total. The molecule has 0 amide bonds. The van der Waals surface area contributed by atoms with Crippen LogP contribution in [0.15, 0.2) is 36.4 Å². The van der Waals surface area contributed by atoms with E-state index in [1.165, 1.54) is 27.8 Å². The molecule has 0 heterocycles. The zero-order valence-corrected chi connectivity index (χ0v) is 9.46. The Bertz CT molecular complexity index is 506. The van der Waals surface area contributed by atoms with Gasteiger partial charge in [0.1, 0.15) is 0 Å². The standard InChI is InChI=1S/C15H15N/c1-10-2-3-11-7-12-4-5-15(16)9-14(12)8-13(11)6-10/h2-6,9H,7-8,16H2,1H3. The molecule has 1 heteroatoms. The second kappa shape index (κ2) is 3.38. The van der Waals surface area contributed by atoms with Gasteiger partial charge in [-0.05, 0) is 54.2 Å². The van der Waals surface area contributed by atoms with E-state index in [9.17, 15) is 0 Å². The maximum Gasteiger partial charge on any atom is 0.0317 e. The summed E-state index contributed by atoms with van der Waals surface area (Å²) >= 11 is 0. The molecule has 1 aliphatic rings. The lowest BCUT2D eigenvalue weighted by atomic mass is 9.85. The van der Waals surface area contributed by atoms with Gasteiger partial charge in [-0.25, -0.2) is 0 Å². The van der Waals surface area contributed by atoms with Gasteiger partial charge in [0, 0.05) is 5.69 Å². The normalized spacial score (nSPS) is 13.1. The fourth-order valence-electron chi connectivity index (χ4n) is 2.48. The van der Waals surface area contributed by atoms with Gasteiger partial charge in [0.05, 0.1) is 0 Å². The van der Waals surface area contributed by atoms with Crippen molar-refractivity contribution >= 4 is 5.69 Å². The number of benzene rings is 2. The molecule has 0 aromatic heterocycles. The summed E-state index contributed by atoms with van der Waals surface area (Å²) in [6.45, 7) is 2.15. The van der Waals surface area contributed by atoms with Gasteiger partial charge >= 0.3 is 0 Å². The Balaban J connectivity index is 2.10. The van der Waals surface area contributed by atoms with Crippen LogP contribution in [-0.4, -0.2) is 0 Å². The Labute approximate surface area is 95.9 Å². The number of fused-ring (bicyclic) bond motifs is 2. The summed E-state index contributed by atoms with van der Waals surface area (Å²) in [4.78, 5) is 0. The van der Waals surface area contributed by atoms with Crippen molar-refractivity contribution in [1.29, 1.82) is 0 Å². The quantitative estimate of drug-likeness (QED) is 0.566. The minimum absolute atomic E-state index is 0.870. The van der Waals surface area contributed by atoms with Crippen LogP contribution in [0.1, 0.15) is 27.8 Å². The van der Waals surface area contributed by atoms with E-state index >= 15 is 0 Å². The molecule has 1 nitrogen and oxygen atoms in total. The van der Waals surface area contributed by atoms with Crippen molar-refractivity contribution in [2.45, 2.75) is 19.8 Å². The highest BCUT2D eigenvalue weighted by Crippen LogP contribution is 2.28. The van der Waals surface area contributed by atoms with Gasteiger partial charge in [-0.1, -0.05) is 29.8 Å². The van der Waals surface area contributed by atoms with Crippen molar-refractivity contribution in [1.82, 2.24) is 0 Å². The van der Waals surface area contributed by atoms with Crippen LogP contribution >= 0.6 is 0 Å². The molecule has 0 radical (unpaired) electrons. The number of rotatable bonds is 0. The van der Waals surface area contributed by atoms with Gasteiger partial charge in [-0.2, -0.15) is 0 Å². The summed E-state index contributed by atoms with van der Waals surface area (Å²) in [6.07, 6.45) is 2.07. The third-order valence-electron chi connectivity index (χ3n) is 3.35. The van der Waals surface area contributed by atoms with Crippen LogP contribution in [0.25, 0.3) is 0 Å². The molecule has 80 valence electrons. The topological polar surface area (TPSA) is 26.0 Å². The molecule has 0 saturated heterocycles. The molecule has 0 atom stereocenters. The number of anilines is 1. The molecule has 0 bridgehead atoms. The molecular weight excluding hydrogens is 194 g/mol. The van der Waals surface area contributed by atoms with E-state index in [1.807, 2.05) is 6.07 Å². The largest absolute Gasteiger partial charge is 0.399 e. The predicted molar refractivity (Wildman–Crippen MR) is 67.6 cm³/mol. The van der Waals surface area contributed by atoms with E-state index < -0.39 is 0 Å². The first-order valence-electron chi connectivity index (χ1n) is 5.68. The van der Waals surface area contributed by atoms with Crippen molar-refractivity contribution in [3.63, 3.8) is 0 Å². The zero-order valence-electron chi connectivity index (χ0n) is 9.46. The summed E-state index contributed by atoms with van der Waals surface area (Å²) in [5, 5.41) is 0. The van der Waals surface area contributed by atoms with Gasteiger partial charge in [-0.3, -0.25) is 0 Å². The van der Waals surface area contributed by atoms with E-state index in [0.29, 0.717) is 0 Å². The highest BCUT2D eigenvalue weighted by atomic mass is 14.5. The van der Waals surface area contributed by atoms with Crippen LogP contribution < -0.4 is 5.73 Å². The number of hydrogen-bond acceptors (Lipinski definition) is 1. The first kappa shape index (κ1) is 9.46. The minimum Gasteiger partial charge on any atom is -0.399 e. The van der Waals surface area contributed by atoms with Crippen LogP contribution in [0.4, 0.5) is 5.69 Å². The molecule has 2 aromatic rings. The molecular formula is C15H15N. The summed E-state index contributed by atoms with van der Waals surface area (Å²) in [7, 11) is 0. The Hall–Kier alpha value is -1.76. The lowest BCUT2D eigenvalue weighted by Gasteiger charge is -2.20. The van der Waals surface area contributed by atoms with Crippen molar-refractivity contribution in [3.8, 4) is 0 Å². The number of hydrogen-bond donors (Lipinski definition) is 1. The van der Waals surface area contributed by atoms with Crippen molar-refractivity contribution in [3.05, 3.63) is 64.2 Å². The van der Waals surface area contributed by atoms with E-state index in [2.05, 4.69) is 37.3 Å². The smallest absolute Gasteiger partial charge is 0.0317 e. The molecule has 16 heavy (non-hydrogen) atoms. The first-order chi connectivity index (χ1) is 7.72. The van der Waals surface area contributed by atoms with Crippen LogP contribution in [0.2, 0.25) is 0 Å². The van der Waals surface area contributed by atoms with E-state index in [-0.39, 0.29) is 0 Å². The second-order valence-corrected chi connectivity index (χ2v) is 4.65. The van der Waals surface area contributed by atoms with Crippen LogP contribution in [-0.2, 0) is 12.8 Å². The number of nitrogens with two attached hydrogens (primary N) is 1. The summed E-state index contributed by atoms with van der Waals surface area (Å²) in [5.74, 6) is 0. The average molecular weight is 209 g/mol. The highest BCUT2D eigenvalue weighted by Gasteiger charge is 2.14. The summed E-state index contributed by atoms with van der Waals surface area (Å²) in [6, 6.07) is 13.0. The molecule has 0 unspecified atom stereocenters. The fourth-order valence-corrected chi connectivity index (χ4v) is 2.48. The molecule has 2 aromatic carbocycles. The van der Waals surface area contributed by atoms with E-state index in [4.69, 9.17) is 5.73 Å². The second-order valence-electron chi connectivity index (χ2n) is 4.65. The molecule has 1 aliphatic carbocycles. The van der Waals surface area contributed by atoms with Gasteiger partial charge in [0.2, 0.25) is 0 Å². The maximum absolute atomic E-state index is 5.83. The molecule has 0 saturated carbocycles. The van der Waals surface area contributed by atoms with Gasteiger partial charge < -0.3 is 5.73 Å². The van der Waals surface area contributed by atoms with E-state index in [1.54, 1.807) is 0 Å². The lowest BCUT2D eigenvalue weighted by Crippen LogP contribution is -2.08. The molecule has 0 spiro atoms. The third kappa shape index (κ3) is 1.49. The SMILES string of the molecule is Cc1ccc2c(c1)Cc1cc(N)ccc1C2. The van der Waals surface area contributed by atoms with Crippen LogP contribution in [0.5, 0.6) is 0 Å².